The number of carbonyl (C=O) groups is 2. The van der Waals surface area contributed by atoms with E-state index in [1.807, 2.05) is 18.2 Å². The molecule has 4 atom stereocenters. The fourth-order valence-electron chi connectivity index (χ4n) is 5.76. The van der Waals surface area contributed by atoms with Crippen molar-refractivity contribution in [1.29, 1.82) is 0 Å². The minimum Gasteiger partial charge on any atom is -0.497 e. The zero-order valence-electron chi connectivity index (χ0n) is 19.5. The van der Waals surface area contributed by atoms with Gasteiger partial charge in [0.05, 0.1) is 25.0 Å². The van der Waals surface area contributed by atoms with E-state index in [9.17, 15) is 27.9 Å². The summed E-state index contributed by atoms with van der Waals surface area (Å²) in [6.07, 6.45) is -4.18. The number of rotatable bonds is 6. The van der Waals surface area contributed by atoms with Gasteiger partial charge in [0.2, 0.25) is 6.79 Å². The highest BCUT2D eigenvalue weighted by Gasteiger charge is 2.58. The molecule has 1 aromatic rings. The maximum absolute atomic E-state index is 12.8. The zero-order valence-corrected chi connectivity index (χ0v) is 19.5. The maximum atomic E-state index is 12.8. The van der Waals surface area contributed by atoms with Crippen LogP contribution >= 0.6 is 0 Å². The summed E-state index contributed by atoms with van der Waals surface area (Å²) < 4.78 is 63.4. The number of methoxy groups -OCH3 is 1. The average molecular weight is 513 g/mol. The molecule has 0 saturated carbocycles. The number of benzene rings is 1. The molecule has 1 saturated heterocycles. The molecule has 0 aromatic heterocycles. The number of ether oxygens (including phenoxy) is 5. The first-order valence-electron chi connectivity index (χ1n) is 11.7. The van der Waals surface area contributed by atoms with Crippen LogP contribution in [-0.2, 0) is 30.2 Å². The second kappa shape index (κ2) is 9.15. The molecule has 2 unspecified atom stereocenters. The minimum atomic E-state index is -4.72. The fourth-order valence-corrected chi connectivity index (χ4v) is 5.76. The first-order chi connectivity index (χ1) is 17.1. The van der Waals surface area contributed by atoms with E-state index < -0.39 is 54.8 Å². The van der Waals surface area contributed by atoms with Gasteiger partial charge in [0.25, 0.3) is 0 Å². The number of aliphatic hydroxyl groups is 1. The topological polar surface area (TPSA) is 104 Å². The quantitative estimate of drug-likeness (QED) is 0.574. The molecule has 1 aromatic carbocycles. The molecule has 0 bridgehead atoms. The van der Waals surface area contributed by atoms with E-state index in [4.69, 9.17) is 18.9 Å². The van der Waals surface area contributed by atoms with E-state index in [1.54, 1.807) is 0 Å². The molecule has 3 aliphatic heterocycles. The van der Waals surface area contributed by atoms with E-state index in [-0.39, 0.29) is 6.79 Å². The number of fused-ring (bicyclic) bond motifs is 3. The lowest BCUT2D eigenvalue weighted by atomic mass is 9.77. The molecular weight excluding hydrogens is 487 g/mol. The monoisotopic (exact) mass is 513 g/mol. The standard InChI is InChI=1S/C24H26F3NO8/c1-32-18-10-23-4-2-5-28(23)6-3-13-7-16-17(35-12-34-16)8-14(13)20(23)21(18)36-22(31)15(29)9-19(30)33-11-24(25,26)27/h7-8,10,15,20-21,29H,2-6,9,11-12H2,1H3/t15-,20-,21?,23?/m1/s1. The van der Waals surface area contributed by atoms with Crippen molar-refractivity contribution in [2.45, 2.75) is 55.5 Å². The smallest absolute Gasteiger partial charge is 0.422 e. The summed E-state index contributed by atoms with van der Waals surface area (Å²) in [5.74, 6) is -1.28. The fraction of sp³-hybridized carbons (Fsp3) is 0.583. The first-order valence-corrected chi connectivity index (χ1v) is 11.7. The highest BCUT2D eigenvalue weighted by Crippen LogP contribution is 2.55. The van der Waals surface area contributed by atoms with Crippen molar-refractivity contribution >= 4 is 11.9 Å². The summed E-state index contributed by atoms with van der Waals surface area (Å²) in [5, 5.41) is 10.2. The van der Waals surface area contributed by atoms with Crippen LogP contribution in [-0.4, -0.2) is 79.5 Å². The molecule has 1 fully saturated rings. The van der Waals surface area contributed by atoms with Crippen LogP contribution in [0.4, 0.5) is 13.2 Å². The van der Waals surface area contributed by atoms with Gasteiger partial charge in [-0.15, -0.1) is 0 Å². The molecular formula is C24H26F3NO8. The van der Waals surface area contributed by atoms with Crippen LogP contribution in [0.2, 0.25) is 0 Å². The first kappa shape index (κ1) is 24.7. The predicted octanol–water partition coefficient (Wildman–Crippen LogP) is 2.20. The van der Waals surface area contributed by atoms with Gasteiger partial charge in [0.15, 0.2) is 30.3 Å². The molecule has 3 heterocycles. The second-order valence-corrected chi connectivity index (χ2v) is 9.32. The van der Waals surface area contributed by atoms with Crippen LogP contribution in [0.25, 0.3) is 0 Å². The van der Waals surface area contributed by atoms with E-state index in [2.05, 4.69) is 9.64 Å². The number of halogens is 3. The molecule has 196 valence electrons. The highest BCUT2D eigenvalue weighted by atomic mass is 19.4. The summed E-state index contributed by atoms with van der Waals surface area (Å²) in [6, 6.07) is 3.83. The summed E-state index contributed by atoms with van der Waals surface area (Å²) >= 11 is 0. The molecule has 0 amide bonds. The summed E-state index contributed by atoms with van der Waals surface area (Å²) in [4.78, 5) is 26.8. The van der Waals surface area contributed by atoms with E-state index in [0.717, 1.165) is 43.5 Å². The molecule has 9 nitrogen and oxygen atoms in total. The van der Waals surface area contributed by atoms with Crippen molar-refractivity contribution in [3.8, 4) is 11.5 Å². The number of aliphatic hydroxyl groups excluding tert-OH is 1. The Morgan fingerprint density at radius 3 is 2.72 bits per heavy atom. The Kier molecular flexibility index (Phi) is 6.27. The zero-order chi connectivity index (χ0) is 25.7. The molecule has 1 spiro atoms. The van der Waals surface area contributed by atoms with Crippen LogP contribution in [0.15, 0.2) is 24.0 Å². The van der Waals surface area contributed by atoms with Crippen molar-refractivity contribution < 1.29 is 51.6 Å². The van der Waals surface area contributed by atoms with E-state index in [1.165, 1.54) is 7.11 Å². The van der Waals surface area contributed by atoms with Gasteiger partial charge in [0, 0.05) is 6.54 Å². The van der Waals surface area contributed by atoms with Gasteiger partial charge in [-0.3, -0.25) is 9.69 Å². The molecule has 12 heteroatoms. The van der Waals surface area contributed by atoms with Crippen LogP contribution < -0.4 is 9.47 Å². The third kappa shape index (κ3) is 4.36. The molecule has 4 aliphatic rings. The Hall–Kier alpha value is -2.99. The Morgan fingerprint density at radius 1 is 1.25 bits per heavy atom. The summed E-state index contributed by atoms with van der Waals surface area (Å²) in [5.41, 5.74) is 1.43. The van der Waals surface area contributed by atoms with Gasteiger partial charge in [0.1, 0.15) is 5.76 Å². The molecule has 0 radical (unpaired) electrons. The summed E-state index contributed by atoms with van der Waals surface area (Å²) in [7, 11) is 1.46. The lowest BCUT2D eigenvalue weighted by Gasteiger charge is -2.39. The lowest BCUT2D eigenvalue weighted by molar-refractivity contribution is -0.188. The van der Waals surface area contributed by atoms with E-state index in [0.29, 0.717) is 17.3 Å². The molecule has 1 N–H and O–H groups in total. The van der Waals surface area contributed by atoms with Gasteiger partial charge >= 0.3 is 18.1 Å². The third-order valence-corrected chi connectivity index (χ3v) is 7.24. The van der Waals surface area contributed by atoms with Gasteiger partial charge in [-0.2, -0.15) is 13.2 Å². The van der Waals surface area contributed by atoms with Gasteiger partial charge in [-0.05, 0) is 55.1 Å². The third-order valence-electron chi connectivity index (χ3n) is 7.24. The average Bonchev–Trinajstić information content (AvgIpc) is 3.51. The van der Waals surface area contributed by atoms with Crippen molar-refractivity contribution in [3.05, 3.63) is 35.1 Å². The number of hydrogen-bond acceptors (Lipinski definition) is 9. The Morgan fingerprint density at radius 2 is 2.00 bits per heavy atom. The van der Waals surface area contributed by atoms with E-state index >= 15 is 0 Å². The van der Waals surface area contributed by atoms with Crippen LogP contribution in [0.1, 0.15) is 36.3 Å². The minimum absolute atomic E-state index is 0.108. The van der Waals surface area contributed by atoms with Crippen LogP contribution in [0.5, 0.6) is 11.5 Å². The van der Waals surface area contributed by atoms with Crippen LogP contribution in [0.3, 0.4) is 0 Å². The van der Waals surface area contributed by atoms with Crippen molar-refractivity contribution in [2.75, 3.05) is 33.6 Å². The Balaban J connectivity index is 1.41. The van der Waals surface area contributed by atoms with Crippen molar-refractivity contribution in [3.63, 3.8) is 0 Å². The number of esters is 2. The Labute approximate surface area is 204 Å². The lowest BCUT2D eigenvalue weighted by Crippen LogP contribution is -2.47. The SMILES string of the molecule is COC1=CC23CCCN2CCc2cc4c(cc2[C@@H]3C1OC(=O)[C@H](O)CC(=O)OCC(F)(F)F)OCO4. The second-order valence-electron chi connectivity index (χ2n) is 9.32. The largest absolute Gasteiger partial charge is 0.497 e. The molecule has 5 rings (SSSR count). The van der Waals surface area contributed by atoms with Crippen molar-refractivity contribution in [1.82, 2.24) is 4.90 Å². The van der Waals surface area contributed by atoms with Gasteiger partial charge in [-0.1, -0.05) is 0 Å². The molecule has 36 heavy (non-hydrogen) atoms. The number of hydrogen-bond donors (Lipinski definition) is 1. The van der Waals surface area contributed by atoms with Gasteiger partial charge in [-0.25, -0.2) is 4.79 Å². The maximum Gasteiger partial charge on any atom is 0.422 e. The summed E-state index contributed by atoms with van der Waals surface area (Å²) in [6.45, 7) is -0.0824. The van der Waals surface area contributed by atoms with Crippen LogP contribution in [0, 0.1) is 0 Å². The number of alkyl halides is 3. The normalized spacial score (nSPS) is 27.3. The highest BCUT2D eigenvalue weighted by molar-refractivity contribution is 5.82. The van der Waals surface area contributed by atoms with Crippen molar-refractivity contribution in [2.24, 2.45) is 0 Å². The number of carbonyl (C=O) groups excluding carboxylic acids is 2. The number of nitrogens with zero attached hydrogens (tertiary/aromatic N) is 1. The Bertz CT molecular complexity index is 1090. The predicted molar refractivity (Wildman–Crippen MR) is 115 cm³/mol. The molecule has 1 aliphatic carbocycles. The van der Waals surface area contributed by atoms with Gasteiger partial charge < -0.3 is 28.8 Å².